The van der Waals surface area contributed by atoms with E-state index in [1.807, 2.05) is 42.5 Å². The van der Waals surface area contributed by atoms with Crippen molar-refractivity contribution < 1.29 is 19.0 Å². The van der Waals surface area contributed by atoms with Crippen molar-refractivity contribution in [2.75, 3.05) is 34.0 Å². The molecule has 3 rings (SSSR count). The number of nitrogens with zero attached hydrogens (tertiary/aromatic N) is 1. The number of guanidine groups is 1. The fourth-order valence-electron chi connectivity index (χ4n) is 2.81. The summed E-state index contributed by atoms with van der Waals surface area (Å²) < 4.78 is 15.8. The van der Waals surface area contributed by atoms with Gasteiger partial charge in [-0.3, -0.25) is 9.79 Å². The first kappa shape index (κ1) is 20.3. The largest absolute Gasteiger partial charge is 0.497 e. The standard InChI is InChI=1S/C21H26N4O4/c1-22-21(23-10-9-15-5-8-18-19(11-15)29-14-28-18)25-13-20(26)24-12-16-3-6-17(27-2)7-4-16/h3-8,11H,9-10,12-14H2,1-2H3,(H,24,26)(H2,22,23,25). The fraction of sp³-hybridized carbons (Fsp3) is 0.333. The Bertz CT molecular complexity index is 852. The van der Waals surface area contributed by atoms with Crippen LogP contribution in [0.2, 0.25) is 0 Å². The summed E-state index contributed by atoms with van der Waals surface area (Å²) in [5.74, 6) is 2.81. The summed E-state index contributed by atoms with van der Waals surface area (Å²) in [5.41, 5.74) is 2.14. The zero-order valence-electron chi connectivity index (χ0n) is 16.7. The molecule has 0 saturated heterocycles. The molecular weight excluding hydrogens is 372 g/mol. The second-order valence-electron chi connectivity index (χ2n) is 6.41. The van der Waals surface area contributed by atoms with Crippen molar-refractivity contribution in [3.05, 3.63) is 53.6 Å². The lowest BCUT2D eigenvalue weighted by molar-refractivity contribution is -0.120. The lowest BCUT2D eigenvalue weighted by atomic mass is 10.1. The van der Waals surface area contributed by atoms with Gasteiger partial charge in [0.25, 0.3) is 0 Å². The Morgan fingerprint density at radius 3 is 2.55 bits per heavy atom. The van der Waals surface area contributed by atoms with Crippen LogP contribution in [0.4, 0.5) is 0 Å². The van der Waals surface area contributed by atoms with Crippen molar-refractivity contribution in [1.29, 1.82) is 0 Å². The second kappa shape index (κ2) is 10.2. The number of fused-ring (bicyclic) bond motifs is 1. The molecule has 1 aliphatic heterocycles. The molecular formula is C21H26N4O4. The van der Waals surface area contributed by atoms with Crippen molar-refractivity contribution in [2.24, 2.45) is 4.99 Å². The number of rotatable bonds is 8. The van der Waals surface area contributed by atoms with Gasteiger partial charge in [0.2, 0.25) is 12.7 Å². The van der Waals surface area contributed by atoms with Gasteiger partial charge >= 0.3 is 0 Å². The molecule has 3 N–H and O–H groups in total. The Kier molecular flexibility index (Phi) is 7.16. The van der Waals surface area contributed by atoms with E-state index >= 15 is 0 Å². The predicted octanol–water partition coefficient (Wildman–Crippen LogP) is 1.45. The van der Waals surface area contributed by atoms with Gasteiger partial charge in [0, 0.05) is 20.1 Å². The number of hydrogen-bond donors (Lipinski definition) is 3. The molecule has 8 heteroatoms. The molecule has 0 spiro atoms. The van der Waals surface area contributed by atoms with E-state index in [2.05, 4.69) is 20.9 Å². The molecule has 0 saturated carbocycles. The molecule has 2 aromatic rings. The molecule has 2 aromatic carbocycles. The smallest absolute Gasteiger partial charge is 0.239 e. The van der Waals surface area contributed by atoms with E-state index in [-0.39, 0.29) is 19.2 Å². The Morgan fingerprint density at radius 2 is 1.79 bits per heavy atom. The zero-order valence-corrected chi connectivity index (χ0v) is 16.7. The first-order valence-electron chi connectivity index (χ1n) is 9.40. The van der Waals surface area contributed by atoms with Crippen molar-refractivity contribution in [3.8, 4) is 17.2 Å². The van der Waals surface area contributed by atoms with E-state index in [0.717, 1.165) is 34.8 Å². The summed E-state index contributed by atoms with van der Waals surface area (Å²) >= 11 is 0. The van der Waals surface area contributed by atoms with Gasteiger partial charge in [-0.05, 0) is 41.8 Å². The molecule has 0 aromatic heterocycles. The number of nitrogens with one attached hydrogen (secondary N) is 3. The second-order valence-corrected chi connectivity index (χ2v) is 6.41. The number of aliphatic imine (C=N–C) groups is 1. The maximum absolute atomic E-state index is 12.1. The maximum atomic E-state index is 12.1. The maximum Gasteiger partial charge on any atom is 0.239 e. The molecule has 0 fully saturated rings. The summed E-state index contributed by atoms with van der Waals surface area (Å²) in [4.78, 5) is 16.2. The van der Waals surface area contributed by atoms with Crippen LogP contribution in [-0.4, -0.2) is 45.9 Å². The Hall–Kier alpha value is -3.42. The number of carbonyl (C=O) groups is 1. The lowest BCUT2D eigenvalue weighted by Gasteiger charge is -2.12. The molecule has 1 amide bonds. The third-order valence-electron chi connectivity index (χ3n) is 4.43. The molecule has 154 valence electrons. The SMILES string of the molecule is CN=C(NCCc1ccc2c(c1)OCO2)NCC(=O)NCc1ccc(OC)cc1. The van der Waals surface area contributed by atoms with E-state index in [1.165, 1.54) is 0 Å². The van der Waals surface area contributed by atoms with Gasteiger partial charge in [-0.2, -0.15) is 0 Å². The molecule has 0 radical (unpaired) electrons. The number of ether oxygens (including phenoxy) is 3. The van der Waals surface area contributed by atoms with E-state index in [9.17, 15) is 4.79 Å². The molecule has 1 heterocycles. The summed E-state index contributed by atoms with van der Waals surface area (Å²) in [5, 5.41) is 9.09. The quantitative estimate of drug-likeness (QED) is 0.460. The number of carbonyl (C=O) groups excluding carboxylic acids is 1. The summed E-state index contributed by atoms with van der Waals surface area (Å²) in [6.07, 6.45) is 0.793. The highest BCUT2D eigenvalue weighted by Crippen LogP contribution is 2.32. The minimum Gasteiger partial charge on any atom is -0.497 e. The number of methoxy groups -OCH3 is 1. The van der Waals surface area contributed by atoms with Crippen LogP contribution in [0.15, 0.2) is 47.5 Å². The molecule has 0 bridgehead atoms. The van der Waals surface area contributed by atoms with Crippen LogP contribution < -0.4 is 30.2 Å². The molecule has 0 aliphatic carbocycles. The van der Waals surface area contributed by atoms with E-state index in [4.69, 9.17) is 14.2 Å². The van der Waals surface area contributed by atoms with E-state index < -0.39 is 0 Å². The average molecular weight is 398 g/mol. The molecule has 8 nitrogen and oxygen atoms in total. The topological polar surface area (TPSA) is 93.2 Å². The van der Waals surface area contributed by atoms with Crippen LogP contribution in [-0.2, 0) is 17.8 Å². The lowest BCUT2D eigenvalue weighted by Crippen LogP contribution is -2.43. The summed E-state index contributed by atoms with van der Waals surface area (Å²) in [7, 11) is 3.30. The number of hydrogen-bond acceptors (Lipinski definition) is 5. The third kappa shape index (κ3) is 6.03. The average Bonchev–Trinajstić information content (AvgIpc) is 3.23. The highest BCUT2D eigenvalue weighted by atomic mass is 16.7. The van der Waals surface area contributed by atoms with Gasteiger partial charge in [0.15, 0.2) is 17.5 Å². The highest BCUT2D eigenvalue weighted by molar-refractivity contribution is 5.86. The van der Waals surface area contributed by atoms with Crippen molar-refractivity contribution >= 4 is 11.9 Å². The zero-order chi connectivity index (χ0) is 20.5. The minimum atomic E-state index is -0.112. The number of benzene rings is 2. The van der Waals surface area contributed by atoms with Crippen LogP contribution in [0, 0.1) is 0 Å². The minimum absolute atomic E-state index is 0.112. The van der Waals surface area contributed by atoms with Gasteiger partial charge < -0.3 is 30.2 Å². The van der Waals surface area contributed by atoms with Gasteiger partial charge in [-0.25, -0.2) is 0 Å². The highest BCUT2D eigenvalue weighted by Gasteiger charge is 2.13. The van der Waals surface area contributed by atoms with Crippen molar-refractivity contribution in [2.45, 2.75) is 13.0 Å². The normalized spacial score (nSPS) is 12.4. The van der Waals surface area contributed by atoms with E-state index in [0.29, 0.717) is 19.0 Å². The first-order chi connectivity index (χ1) is 14.2. The van der Waals surface area contributed by atoms with Crippen LogP contribution in [0.5, 0.6) is 17.2 Å². The van der Waals surface area contributed by atoms with Gasteiger partial charge in [0.1, 0.15) is 5.75 Å². The molecule has 1 aliphatic rings. The Balaban J connectivity index is 1.35. The fourth-order valence-corrected chi connectivity index (χ4v) is 2.81. The van der Waals surface area contributed by atoms with Crippen molar-refractivity contribution in [1.82, 2.24) is 16.0 Å². The summed E-state index contributed by atoms with van der Waals surface area (Å²) in [6.45, 7) is 1.54. The van der Waals surface area contributed by atoms with Crippen LogP contribution >= 0.6 is 0 Å². The van der Waals surface area contributed by atoms with Gasteiger partial charge in [-0.15, -0.1) is 0 Å². The predicted molar refractivity (Wildman–Crippen MR) is 110 cm³/mol. The van der Waals surface area contributed by atoms with Gasteiger partial charge in [-0.1, -0.05) is 18.2 Å². The summed E-state index contributed by atoms with van der Waals surface area (Å²) in [6, 6.07) is 13.5. The van der Waals surface area contributed by atoms with Crippen LogP contribution in [0.3, 0.4) is 0 Å². The molecule has 29 heavy (non-hydrogen) atoms. The Labute approximate surface area is 170 Å². The third-order valence-corrected chi connectivity index (χ3v) is 4.43. The number of amides is 1. The molecule has 0 atom stereocenters. The van der Waals surface area contributed by atoms with Crippen molar-refractivity contribution in [3.63, 3.8) is 0 Å². The molecule has 0 unspecified atom stereocenters. The monoisotopic (exact) mass is 398 g/mol. The van der Waals surface area contributed by atoms with Crippen LogP contribution in [0.25, 0.3) is 0 Å². The van der Waals surface area contributed by atoms with E-state index in [1.54, 1.807) is 14.2 Å². The Morgan fingerprint density at radius 1 is 1.03 bits per heavy atom. The van der Waals surface area contributed by atoms with Crippen LogP contribution in [0.1, 0.15) is 11.1 Å². The van der Waals surface area contributed by atoms with Gasteiger partial charge in [0.05, 0.1) is 13.7 Å². The first-order valence-corrected chi connectivity index (χ1v) is 9.40.